The third kappa shape index (κ3) is 18.5. The third-order valence-electron chi connectivity index (χ3n) is 4.67. The van der Waals surface area contributed by atoms with Crippen LogP contribution in [-0.2, 0) is 14.3 Å². The maximum Gasteiger partial charge on any atom is 1.00 e. The second-order valence-corrected chi connectivity index (χ2v) is 7.88. The maximum atomic E-state index is 11.1. The van der Waals surface area contributed by atoms with E-state index in [1.807, 2.05) is 6.92 Å². The molecule has 0 heterocycles. The van der Waals surface area contributed by atoms with Gasteiger partial charge in [0.2, 0.25) is 0 Å². The van der Waals surface area contributed by atoms with Gasteiger partial charge in [-0.1, -0.05) is 78.2 Å². The van der Waals surface area contributed by atoms with Gasteiger partial charge in [0.15, 0.2) is 0 Å². The number of ether oxygens (including phenoxy) is 1. The summed E-state index contributed by atoms with van der Waals surface area (Å²) in [5.74, 6) is 1.85. The molecule has 0 aromatic carbocycles. The predicted octanol–water partition coefficient (Wildman–Crippen LogP) is 3.19. The molecule has 0 unspecified atom stereocenters. The normalized spacial score (nSPS) is 13.9. The van der Waals surface area contributed by atoms with Crippen molar-refractivity contribution in [2.45, 2.75) is 92.4 Å². The monoisotopic (exact) mass is 362 g/mol. The Morgan fingerprint density at radius 3 is 1.88 bits per heavy atom. The minimum absolute atomic E-state index is 0. The molecule has 0 rings (SSSR count). The molecule has 0 saturated carbocycles. The van der Waals surface area contributed by atoms with Crippen LogP contribution in [0.5, 0.6) is 0 Å². The first-order chi connectivity index (χ1) is 11.3. The van der Waals surface area contributed by atoms with Crippen LogP contribution in [0.1, 0.15) is 93.8 Å². The van der Waals surface area contributed by atoms with Gasteiger partial charge in [-0.05, 0) is 37.5 Å². The summed E-state index contributed by atoms with van der Waals surface area (Å²) in [7, 11) is 0. The van der Waals surface area contributed by atoms with E-state index in [9.17, 15) is 9.59 Å². The van der Waals surface area contributed by atoms with Gasteiger partial charge < -0.3 is 6.16 Å². The molecule has 4 heteroatoms. The van der Waals surface area contributed by atoms with Crippen LogP contribution in [-0.4, -0.2) is 12.4 Å². The summed E-state index contributed by atoms with van der Waals surface area (Å²) in [5, 5.41) is 0. The van der Waals surface area contributed by atoms with Crippen LogP contribution in [0.25, 0.3) is 0 Å². The zero-order valence-electron chi connectivity index (χ0n) is 18.5. The first-order valence-electron chi connectivity index (χ1n) is 9.66. The van der Waals surface area contributed by atoms with Crippen molar-refractivity contribution in [1.29, 1.82) is 0 Å². The number of rotatable bonds is 14. The van der Waals surface area contributed by atoms with E-state index in [0.29, 0.717) is 0 Å². The fourth-order valence-corrected chi connectivity index (χ4v) is 3.06. The van der Waals surface area contributed by atoms with Crippen molar-refractivity contribution in [2.24, 2.45) is 17.8 Å². The van der Waals surface area contributed by atoms with Crippen molar-refractivity contribution in [2.75, 3.05) is 0 Å². The Morgan fingerprint density at radius 2 is 1.40 bits per heavy atom. The smallest absolute Gasteiger partial charge is 1.00 e. The van der Waals surface area contributed by atoms with Crippen LogP contribution in [0.15, 0.2) is 11.6 Å². The molecular formula is C21H39NaO3. The molecule has 0 aliphatic heterocycles. The number of allylic oxidation sites excluding steroid dienone is 1. The molecule has 0 amide bonds. The van der Waals surface area contributed by atoms with Crippen LogP contribution in [0, 0.1) is 17.8 Å². The molecule has 25 heavy (non-hydrogen) atoms. The standard InChI is InChI=1S/C21H38O3.Na.H/c1-17(2)9-6-10-18(3)11-7-12-19(4)13-8-14-20(5)15-21(23)24-16-22;;/h15-19H,6-14H2,1-5H3;;/q;+1;-1/b20-15+;;/t18-,19-;;/m1../s1. The first-order valence-corrected chi connectivity index (χ1v) is 9.66. The average molecular weight is 363 g/mol. The summed E-state index contributed by atoms with van der Waals surface area (Å²) < 4.78 is 4.26. The van der Waals surface area contributed by atoms with Gasteiger partial charge in [-0.15, -0.1) is 0 Å². The fraction of sp³-hybridized carbons (Fsp3) is 0.810. The molecular weight excluding hydrogens is 323 g/mol. The molecule has 0 fully saturated rings. The minimum Gasteiger partial charge on any atom is -1.00 e. The van der Waals surface area contributed by atoms with Gasteiger partial charge in [-0.3, -0.25) is 4.79 Å². The third-order valence-corrected chi connectivity index (χ3v) is 4.67. The van der Waals surface area contributed by atoms with Crippen LogP contribution >= 0.6 is 0 Å². The summed E-state index contributed by atoms with van der Waals surface area (Å²) in [4.78, 5) is 21.2. The second kappa shape index (κ2) is 17.3. The zero-order chi connectivity index (χ0) is 18.4. The molecule has 0 aliphatic carbocycles. The van der Waals surface area contributed by atoms with Crippen molar-refractivity contribution < 1.29 is 45.3 Å². The van der Waals surface area contributed by atoms with Crippen LogP contribution in [0.3, 0.4) is 0 Å². The van der Waals surface area contributed by atoms with E-state index in [2.05, 4.69) is 32.4 Å². The summed E-state index contributed by atoms with van der Waals surface area (Å²) in [5.41, 5.74) is 0.979. The van der Waals surface area contributed by atoms with Crippen LogP contribution < -0.4 is 29.6 Å². The van der Waals surface area contributed by atoms with E-state index >= 15 is 0 Å². The number of carbonyl (C=O) groups is 2. The van der Waals surface area contributed by atoms with Gasteiger partial charge in [0, 0.05) is 6.08 Å². The van der Waals surface area contributed by atoms with Crippen molar-refractivity contribution in [3.8, 4) is 0 Å². The van der Waals surface area contributed by atoms with Crippen molar-refractivity contribution in [3.63, 3.8) is 0 Å². The summed E-state index contributed by atoms with van der Waals surface area (Å²) in [6.07, 6.45) is 12.6. The zero-order valence-corrected chi connectivity index (χ0v) is 19.5. The van der Waals surface area contributed by atoms with E-state index in [1.54, 1.807) is 0 Å². The SMILES string of the molecule is C/C(=C\C(=O)OC=O)CCC[C@H](C)CCC[C@H](C)CCCC(C)C.[H-].[Na+]. The van der Waals surface area contributed by atoms with Gasteiger partial charge in [-0.2, -0.15) is 0 Å². The van der Waals surface area contributed by atoms with E-state index in [0.717, 1.165) is 36.2 Å². The quantitative estimate of drug-likeness (QED) is 0.157. The van der Waals surface area contributed by atoms with Crippen LogP contribution in [0.4, 0.5) is 0 Å². The molecule has 0 N–H and O–H groups in total. The van der Waals surface area contributed by atoms with E-state index < -0.39 is 5.97 Å². The average Bonchev–Trinajstić information content (AvgIpc) is 2.46. The molecule has 142 valence electrons. The van der Waals surface area contributed by atoms with Gasteiger partial charge in [0.05, 0.1) is 0 Å². The largest absolute Gasteiger partial charge is 1.00 e. The van der Waals surface area contributed by atoms with Gasteiger partial charge in [-0.25, -0.2) is 4.79 Å². The summed E-state index contributed by atoms with van der Waals surface area (Å²) in [6, 6.07) is 0. The molecule has 0 aromatic rings. The minimum atomic E-state index is -0.568. The second-order valence-electron chi connectivity index (χ2n) is 7.88. The Labute approximate surface area is 179 Å². The Bertz CT molecular complexity index is 383. The van der Waals surface area contributed by atoms with Gasteiger partial charge in [0.1, 0.15) is 0 Å². The molecule has 0 aromatic heterocycles. The van der Waals surface area contributed by atoms with E-state index in [-0.39, 0.29) is 37.5 Å². The number of hydrogen-bond donors (Lipinski definition) is 0. The van der Waals surface area contributed by atoms with Gasteiger partial charge >= 0.3 is 42.0 Å². The van der Waals surface area contributed by atoms with Crippen molar-refractivity contribution in [3.05, 3.63) is 11.6 Å². The molecule has 3 nitrogen and oxygen atoms in total. The Balaban J connectivity index is -0.00000264. The Kier molecular flexibility index (Phi) is 18.8. The fourth-order valence-electron chi connectivity index (χ4n) is 3.06. The molecule has 0 spiro atoms. The molecule has 0 aliphatic rings. The van der Waals surface area contributed by atoms with Gasteiger partial charge in [0.25, 0.3) is 0 Å². The molecule has 0 bridgehead atoms. The molecule has 0 radical (unpaired) electrons. The predicted molar refractivity (Wildman–Crippen MR) is 102 cm³/mol. The Hall–Kier alpha value is -0.120. The number of hydrogen-bond acceptors (Lipinski definition) is 3. The first kappa shape index (κ1) is 27.1. The van der Waals surface area contributed by atoms with E-state index in [1.165, 1.54) is 51.0 Å². The summed E-state index contributed by atoms with van der Waals surface area (Å²) in [6.45, 7) is 11.4. The van der Waals surface area contributed by atoms with Crippen molar-refractivity contribution in [1.82, 2.24) is 0 Å². The Morgan fingerprint density at radius 1 is 0.920 bits per heavy atom. The number of carbonyl (C=O) groups excluding carboxylic acids is 2. The van der Waals surface area contributed by atoms with Crippen LogP contribution in [0.2, 0.25) is 0 Å². The summed E-state index contributed by atoms with van der Waals surface area (Å²) >= 11 is 0. The number of esters is 1. The topological polar surface area (TPSA) is 43.4 Å². The molecule has 2 atom stereocenters. The van der Waals surface area contributed by atoms with Crippen molar-refractivity contribution >= 4 is 12.4 Å². The van der Waals surface area contributed by atoms with E-state index in [4.69, 9.17) is 0 Å². The molecule has 0 saturated heterocycles. The maximum absolute atomic E-state index is 11.1.